The summed E-state index contributed by atoms with van der Waals surface area (Å²) < 4.78 is 5.23. The van der Waals surface area contributed by atoms with Gasteiger partial charge in [0.2, 0.25) is 0 Å². The zero-order valence-electron chi connectivity index (χ0n) is 7.43. The summed E-state index contributed by atoms with van der Waals surface area (Å²) in [5.74, 6) is -0.330. The minimum absolute atomic E-state index is 0.463. The van der Waals surface area contributed by atoms with Gasteiger partial charge in [0.15, 0.2) is 6.10 Å². The Balaban J connectivity index is 2.62. The minimum Gasteiger partial charge on any atom is -0.479 e. The molecule has 1 N–H and O–H groups in total. The van der Waals surface area contributed by atoms with E-state index in [2.05, 4.69) is 0 Å². The van der Waals surface area contributed by atoms with Gasteiger partial charge in [0.1, 0.15) is 5.75 Å². The number of carboxylic acid groups (broad SMARTS) is 1. The number of ether oxygens (including phenoxy) is 1. The Morgan fingerprint density at radius 1 is 1.46 bits per heavy atom. The maximum absolute atomic E-state index is 10.6. The van der Waals surface area contributed by atoms with Gasteiger partial charge in [-0.3, -0.25) is 0 Å². The van der Waals surface area contributed by atoms with E-state index in [1.54, 1.807) is 19.1 Å². The van der Waals surface area contributed by atoms with Crippen LogP contribution in [-0.2, 0) is 4.79 Å². The highest BCUT2D eigenvalue weighted by molar-refractivity contribution is 5.72. The van der Waals surface area contributed by atoms with Gasteiger partial charge in [0, 0.05) is 0 Å². The third kappa shape index (κ3) is 2.78. The first-order valence-corrected chi connectivity index (χ1v) is 4.18. The van der Waals surface area contributed by atoms with Crippen LogP contribution in [0.1, 0.15) is 13.3 Å². The van der Waals surface area contributed by atoms with Crippen LogP contribution in [0.4, 0.5) is 0 Å². The number of carbonyl (C=O) groups is 1. The quantitative estimate of drug-likeness (QED) is 0.770. The second-order valence-electron chi connectivity index (χ2n) is 2.67. The van der Waals surface area contributed by atoms with Crippen molar-refractivity contribution in [1.29, 1.82) is 0 Å². The third-order valence-electron chi connectivity index (χ3n) is 1.67. The molecule has 0 aliphatic carbocycles. The summed E-state index contributed by atoms with van der Waals surface area (Å²) in [5.41, 5.74) is 0. The molecule has 13 heavy (non-hydrogen) atoms. The van der Waals surface area contributed by atoms with E-state index >= 15 is 0 Å². The van der Waals surface area contributed by atoms with Crippen molar-refractivity contribution in [1.82, 2.24) is 0 Å². The van der Waals surface area contributed by atoms with Crippen LogP contribution < -0.4 is 4.74 Å². The molecule has 1 rings (SSSR count). The summed E-state index contributed by atoms with van der Waals surface area (Å²) in [7, 11) is 0. The molecule has 0 aliphatic heterocycles. The lowest BCUT2D eigenvalue weighted by Gasteiger charge is -2.12. The summed E-state index contributed by atoms with van der Waals surface area (Å²) in [4.78, 5) is 10.6. The highest BCUT2D eigenvalue weighted by Gasteiger charge is 2.15. The Labute approximate surface area is 77.0 Å². The van der Waals surface area contributed by atoms with Crippen LogP contribution in [0.25, 0.3) is 0 Å². The summed E-state index contributed by atoms with van der Waals surface area (Å²) in [6, 6.07) is 8.96. The van der Waals surface area contributed by atoms with Crippen LogP contribution in [0.15, 0.2) is 30.3 Å². The fourth-order valence-corrected chi connectivity index (χ4v) is 0.972. The van der Waals surface area contributed by atoms with Crippen molar-refractivity contribution in [2.45, 2.75) is 19.4 Å². The highest BCUT2D eigenvalue weighted by Crippen LogP contribution is 2.12. The van der Waals surface area contributed by atoms with Crippen LogP contribution >= 0.6 is 0 Å². The molecule has 1 unspecified atom stereocenters. The Bertz CT molecular complexity index is 269. The van der Waals surface area contributed by atoms with E-state index in [4.69, 9.17) is 9.84 Å². The molecule has 0 aliphatic rings. The summed E-state index contributed by atoms with van der Waals surface area (Å²) >= 11 is 0. The molecule has 0 saturated heterocycles. The van der Waals surface area contributed by atoms with Crippen LogP contribution in [0.3, 0.4) is 0 Å². The van der Waals surface area contributed by atoms with Crippen LogP contribution in [0.5, 0.6) is 5.75 Å². The standard InChI is InChI=1S/C10H12O3/c1-2-9(10(11)12)13-8-6-4-3-5-7-8/h3-7,9H,2H2,1H3,(H,11,12). The predicted octanol–water partition coefficient (Wildman–Crippen LogP) is 1.93. The molecule has 0 spiro atoms. The van der Waals surface area contributed by atoms with Crippen molar-refractivity contribution in [2.24, 2.45) is 0 Å². The van der Waals surface area contributed by atoms with Crippen molar-refractivity contribution in [3.05, 3.63) is 30.3 Å². The fraction of sp³-hybridized carbons (Fsp3) is 0.300. The Morgan fingerprint density at radius 2 is 2.08 bits per heavy atom. The first-order valence-electron chi connectivity index (χ1n) is 4.18. The van der Waals surface area contributed by atoms with Gasteiger partial charge in [-0.1, -0.05) is 25.1 Å². The van der Waals surface area contributed by atoms with E-state index in [-0.39, 0.29) is 0 Å². The number of aliphatic carboxylic acids is 1. The molecule has 0 bridgehead atoms. The largest absolute Gasteiger partial charge is 0.479 e. The number of hydrogen-bond acceptors (Lipinski definition) is 2. The van der Waals surface area contributed by atoms with Crippen molar-refractivity contribution in [3.63, 3.8) is 0 Å². The molecule has 70 valence electrons. The zero-order valence-corrected chi connectivity index (χ0v) is 7.43. The molecule has 0 fully saturated rings. The van der Waals surface area contributed by atoms with E-state index in [0.29, 0.717) is 12.2 Å². The molecule has 0 amide bonds. The molecular formula is C10H12O3. The van der Waals surface area contributed by atoms with E-state index < -0.39 is 12.1 Å². The first-order chi connectivity index (χ1) is 6.24. The van der Waals surface area contributed by atoms with Gasteiger partial charge < -0.3 is 9.84 Å². The molecule has 3 heteroatoms. The van der Waals surface area contributed by atoms with Crippen LogP contribution in [0, 0.1) is 0 Å². The highest BCUT2D eigenvalue weighted by atomic mass is 16.5. The first kappa shape index (κ1) is 9.58. The van der Waals surface area contributed by atoms with Gasteiger partial charge >= 0.3 is 5.97 Å². The average molecular weight is 180 g/mol. The van der Waals surface area contributed by atoms with Gasteiger partial charge in [0.25, 0.3) is 0 Å². The molecule has 0 saturated carbocycles. The van der Waals surface area contributed by atoms with E-state index in [0.717, 1.165) is 0 Å². The van der Waals surface area contributed by atoms with Gasteiger partial charge in [-0.2, -0.15) is 0 Å². The maximum Gasteiger partial charge on any atom is 0.344 e. The molecule has 0 aromatic heterocycles. The number of carboxylic acids is 1. The lowest BCUT2D eigenvalue weighted by atomic mass is 10.3. The SMILES string of the molecule is CCC(Oc1ccccc1)C(=O)O. The second-order valence-corrected chi connectivity index (χ2v) is 2.67. The number of benzene rings is 1. The Hall–Kier alpha value is -1.51. The predicted molar refractivity (Wildman–Crippen MR) is 48.8 cm³/mol. The topological polar surface area (TPSA) is 46.5 Å². The molecule has 1 aromatic carbocycles. The maximum atomic E-state index is 10.6. The van der Waals surface area contributed by atoms with E-state index in [1.165, 1.54) is 0 Å². The number of para-hydroxylation sites is 1. The Kier molecular flexibility index (Phi) is 3.31. The zero-order chi connectivity index (χ0) is 9.68. The van der Waals surface area contributed by atoms with Gasteiger partial charge in [-0.05, 0) is 18.6 Å². The third-order valence-corrected chi connectivity index (χ3v) is 1.67. The summed E-state index contributed by atoms with van der Waals surface area (Å²) in [6.07, 6.45) is -0.285. The molecule has 0 heterocycles. The molecule has 1 aromatic rings. The van der Waals surface area contributed by atoms with Crippen molar-refractivity contribution >= 4 is 5.97 Å². The second kappa shape index (κ2) is 4.50. The summed E-state index contributed by atoms with van der Waals surface area (Å²) in [6.45, 7) is 1.78. The van der Waals surface area contributed by atoms with E-state index in [1.807, 2.05) is 18.2 Å². The van der Waals surface area contributed by atoms with Crippen molar-refractivity contribution in [3.8, 4) is 5.75 Å². The lowest BCUT2D eigenvalue weighted by Crippen LogP contribution is -2.25. The summed E-state index contributed by atoms with van der Waals surface area (Å²) in [5, 5.41) is 8.71. The lowest BCUT2D eigenvalue weighted by molar-refractivity contribution is -0.145. The average Bonchev–Trinajstić information content (AvgIpc) is 2.15. The van der Waals surface area contributed by atoms with E-state index in [9.17, 15) is 4.79 Å². The number of rotatable bonds is 4. The Morgan fingerprint density at radius 3 is 2.54 bits per heavy atom. The fourth-order valence-electron chi connectivity index (χ4n) is 0.972. The van der Waals surface area contributed by atoms with Gasteiger partial charge in [-0.25, -0.2) is 4.79 Å². The molecular weight excluding hydrogens is 168 g/mol. The van der Waals surface area contributed by atoms with Crippen LogP contribution in [0.2, 0.25) is 0 Å². The smallest absolute Gasteiger partial charge is 0.344 e. The monoisotopic (exact) mass is 180 g/mol. The normalized spacial score (nSPS) is 12.1. The van der Waals surface area contributed by atoms with Crippen molar-refractivity contribution < 1.29 is 14.6 Å². The molecule has 1 atom stereocenters. The minimum atomic E-state index is -0.925. The molecule has 0 radical (unpaired) electrons. The van der Waals surface area contributed by atoms with Gasteiger partial charge in [-0.15, -0.1) is 0 Å². The molecule has 3 nitrogen and oxygen atoms in total. The van der Waals surface area contributed by atoms with Gasteiger partial charge in [0.05, 0.1) is 0 Å². The van der Waals surface area contributed by atoms with Crippen molar-refractivity contribution in [2.75, 3.05) is 0 Å². The number of hydrogen-bond donors (Lipinski definition) is 1. The van der Waals surface area contributed by atoms with Crippen LogP contribution in [-0.4, -0.2) is 17.2 Å².